The molecule has 0 aliphatic rings. The van der Waals surface area contributed by atoms with Gasteiger partial charge in [-0.1, -0.05) is 6.92 Å². The number of aromatic nitrogens is 3. The van der Waals surface area contributed by atoms with Crippen LogP contribution in [0.1, 0.15) is 24.7 Å². The van der Waals surface area contributed by atoms with Crippen molar-refractivity contribution in [3.05, 3.63) is 44.5 Å². The van der Waals surface area contributed by atoms with Gasteiger partial charge < -0.3 is 5.11 Å². The molecule has 1 aromatic heterocycles. The van der Waals surface area contributed by atoms with E-state index in [4.69, 9.17) is 12.2 Å². The fourth-order valence-electron chi connectivity index (χ4n) is 1.72. The van der Waals surface area contributed by atoms with Crippen LogP contribution in [0.15, 0.2) is 23.3 Å². The van der Waals surface area contributed by atoms with E-state index >= 15 is 0 Å². The van der Waals surface area contributed by atoms with Crippen molar-refractivity contribution < 1.29 is 10.0 Å². The van der Waals surface area contributed by atoms with E-state index in [1.54, 1.807) is 0 Å². The highest BCUT2D eigenvalue weighted by Gasteiger charge is 2.12. The highest BCUT2D eigenvalue weighted by atomic mass is 32.1. The summed E-state index contributed by atoms with van der Waals surface area (Å²) in [6.45, 7) is 2.01. The maximum Gasteiger partial charge on any atom is 0.311 e. The highest BCUT2D eigenvalue weighted by molar-refractivity contribution is 7.71. The molecule has 2 N–H and O–H groups in total. The average Bonchev–Trinajstić information content (AvgIpc) is 2.79. The van der Waals surface area contributed by atoms with Gasteiger partial charge in [0.05, 0.1) is 11.1 Å². The van der Waals surface area contributed by atoms with Gasteiger partial charge >= 0.3 is 5.69 Å². The summed E-state index contributed by atoms with van der Waals surface area (Å²) in [4.78, 5) is 10.1. The molecule has 0 saturated carbocycles. The van der Waals surface area contributed by atoms with Crippen LogP contribution in [0.3, 0.4) is 0 Å². The summed E-state index contributed by atoms with van der Waals surface area (Å²) in [6.07, 6.45) is 3.02. The molecule has 0 amide bonds. The molecular weight excluding hydrogens is 294 g/mol. The van der Waals surface area contributed by atoms with Gasteiger partial charge in [0.2, 0.25) is 4.77 Å². The van der Waals surface area contributed by atoms with Crippen molar-refractivity contribution in [3.8, 4) is 5.75 Å². The van der Waals surface area contributed by atoms with Crippen LogP contribution in [-0.4, -0.2) is 31.1 Å². The number of nitro groups is 1. The standard InChI is InChI=1S/C12H13N5O3S/c1-2-3-11-14-15-12(21)16(11)13-7-8-4-5-10(18)9(6-8)17(19)20/h4-7,18H,2-3H2,1H3,(H,15,21)/b13-7-. The van der Waals surface area contributed by atoms with E-state index in [2.05, 4.69) is 15.3 Å². The maximum atomic E-state index is 10.8. The topological polar surface area (TPSA) is 109 Å². The number of nitrogens with one attached hydrogen (secondary N) is 1. The van der Waals surface area contributed by atoms with Crippen molar-refractivity contribution in [2.24, 2.45) is 5.10 Å². The van der Waals surface area contributed by atoms with Gasteiger partial charge in [-0.25, -0.2) is 0 Å². The van der Waals surface area contributed by atoms with Gasteiger partial charge in [-0.05, 0) is 30.8 Å². The zero-order valence-electron chi connectivity index (χ0n) is 11.2. The van der Waals surface area contributed by atoms with Crippen LogP contribution in [0.5, 0.6) is 5.75 Å². The maximum absolute atomic E-state index is 10.8. The summed E-state index contributed by atoms with van der Waals surface area (Å²) in [7, 11) is 0. The largest absolute Gasteiger partial charge is 0.502 e. The van der Waals surface area contributed by atoms with E-state index in [1.807, 2.05) is 6.92 Å². The summed E-state index contributed by atoms with van der Waals surface area (Å²) < 4.78 is 1.82. The normalized spacial score (nSPS) is 11.1. The molecule has 0 spiro atoms. The minimum absolute atomic E-state index is 0.350. The second-order valence-electron chi connectivity index (χ2n) is 4.26. The van der Waals surface area contributed by atoms with Gasteiger partial charge in [-0.15, -0.1) is 0 Å². The number of nitrogens with zero attached hydrogens (tertiary/aromatic N) is 4. The molecule has 0 aliphatic carbocycles. The molecule has 2 rings (SSSR count). The van der Waals surface area contributed by atoms with Crippen LogP contribution in [0, 0.1) is 14.9 Å². The summed E-state index contributed by atoms with van der Waals surface area (Å²) in [5.41, 5.74) is 0.105. The Kier molecular flexibility index (Phi) is 4.43. The van der Waals surface area contributed by atoms with Gasteiger partial charge in [-0.2, -0.15) is 14.9 Å². The number of nitro benzene ring substituents is 1. The Labute approximate surface area is 124 Å². The molecule has 0 bridgehead atoms. The third kappa shape index (κ3) is 3.31. The summed E-state index contributed by atoms with van der Waals surface area (Å²) in [5.74, 6) is 0.302. The molecule has 110 valence electrons. The van der Waals surface area contributed by atoms with Crippen molar-refractivity contribution in [2.45, 2.75) is 19.8 Å². The molecule has 0 fully saturated rings. The van der Waals surface area contributed by atoms with Crippen LogP contribution in [0.2, 0.25) is 0 Å². The molecule has 1 heterocycles. The number of phenolic OH excluding ortho intramolecular Hbond substituents is 1. The predicted molar refractivity (Wildman–Crippen MR) is 79.2 cm³/mol. The van der Waals surface area contributed by atoms with Crippen molar-refractivity contribution >= 4 is 24.1 Å². The molecule has 0 saturated heterocycles. The first kappa shape index (κ1) is 14.9. The number of aromatic amines is 1. The number of phenols is 1. The van der Waals surface area contributed by atoms with Gasteiger partial charge in [0, 0.05) is 18.1 Å². The van der Waals surface area contributed by atoms with Crippen molar-refractivity contribution in [3.63, 3.8) is 0 Å². The van der Waals surface area contributed by atoms with Crippen LogP contribution >= 0.6 is 12.2 Å². The fraction of sp³-hybridized carbons (Fsp3) is 0.250. The first-order valence-electron chi connectivity index (χ1n) is 6.21. The Morgan fingerprint density at radius 2 is 2.38 bits per heavy atom. The van der Waals surface area contributed by atoms with Crippen LogP contribution in [0.4, 0.5) is 5.69 Å². The summed E-state index contributed by atoms with van der Waals surface area (Å²) in [6, 6.07) is 4.01. The quantitative estimate of drug-likeness (QED) is 0.381. The summed E-state index contributed by atoms with van der Waals surface area (Å²) in [5, 5.41) is 31.0. The van der Waals surface area contributed by atoms with Crippen LogP contribution in [0.25, 0.3) is 0 Å². The monoisotopic (exact) mass is 307 g/mol. The molecule has 9 heteroatoms. The third-order valence-corrected chi connectivity index (χ3v) is 2.97. The molecule has 21 heavy (non-hydrogen) atoms. The second kappa shape index (κ2) is 6.27. The molecule has 0 unspecified atom stereocenters. The minimum atomic E-state index is -0.654. The molecule has 0 radical (unpaired) electrons. The van der Waals surface area contributed by atoms with E-state index < -0.39 is 4.92 Å². The number of H-pyrrole nitrogens is 1. The van der Waals surface area contributed by atoms with Crippen LogP contribution in [-0.2, 0) is 6.42 Å². The number of rotatable bonds is 5. The Hall–Kier alpha value is -2.55. The number of hydrogen-bond donors (Lipinski definition) is 2. The Bertz CT molecular complexity index is 750. The Morgan fingerprint density at radius 1 is 1.62 bits per heavy atom. The smallest absolute Gasteiger partial charge is 0.311 e. The average molecular weight is 307 g/mol. The van der Waals surface area contributed by atoms with Crippen molar-refractivity contribution in [1.82, 2.24) is 14.9 Å². The summed E-state index contributed by atoms with van der Waals surface area (Å²) >= 11 is 5.07. The van der Waals surface area contributed by atoms with Gasteiger partial charge in [0.15, 0.2) is 11.6 Å². The molecule has 2 aromatic rings. The lowest BCUT2D eigenvalue weighted by atomic mass is 10.2. The van der Waals surface area contributed by atoms with Crippen LogP contribution < -0.4 is 0 Å². The molecule has 0 atom stereocenters. The number of hydrogen-bond acceptors (Lipinski definition) is 6. The Balaban J connectivity index is 2.34. The van der Waals surface area contributed by atoms with Gasteiger partial charge in [-0.3, -0.25) is 15.2 Å². The van der Waals surface area contributed by atoms with Gasteiger partial charge in [0.1, 0.15) is 0 Å². The van der Waals surface area contributed by atoms with Crippen molar-refractivity contribution in [1.29, 1.82) is 0 Å². The molecule has 1 aromatic carbocycles. The highest BCUT2D eigenvalue weighted by Crippen LogP contribution is 2.25. The van der Waals surface area contributed by atoms with E-state index in [-0.39, 0.29) is 11.4 Å². The number of benzene rings is 1. The molecular formula is C12H13N5O3S. The fourth-order valence-corrected chi connectivity index (χ4v) is 1.92. The van der Waals surface area contributed by atoms with E-state index in [0.29, 0.717) is 22.6 Å². The zero-order chi connectivity index (χ0) is 15.4. The predicted octanol–water partition coefficient (Wildman–Crippen LogP) is 2.39. The SMILES string of the molecule is CCCc1n[nH]c(=S)n1/N=C\c1ccc(O)c([N+](=O)[O-])c1. The van der Waals surface area contributed by atoms with E-state index in [0.717, 1.165) is 6.42 Å². The van der Waals surface area contributed by atoms with Crippen molar-refractivity contribution in [2.75, 3.05) is 0 Å². The third-order valence-electron chi connectivity index (χ3n) is 2.71. The van der Waals surface area contributed by atoms with E-state index in [1.165, 1.54) is 29.1 Å². The minimum Gasteiger partial charge on any atom is -0.502 e. The first-order chi connectivity index (χ1) is 10.0. The van der Waals surface area contributed by atoms with Gasteiger partial charge in [0.25, 0.3) is 0 Å². The lowest BCUT2D eigenvalue weighted by molar-refractivity contribution is -0.385. The number of aryl methyl sites for hydroxylation is 1. The molecule has 8 nitrogen and oxygen atoms in total. The first-order valence-corrected chi connectivity index (χ1v) is 6.61. The van der Waals surface area contributed by atoms with E-state index in [9.17, 15) is 15.2 Å². The lowest BCUT2D eigenvalue weighted by Gasteiger charge is -1.99. The Morgan fingerprint density at radius 3 is 3.05 bits per heavy atom. The lowest BCUT2D eigenvalue weighted by Crippen LogP contribution is -1.99. The molecule has 0 aliphatic heterocycles. The number of aromatic hydroxyl groups is 1. The second-order valence-corrected chi connectivity index (χ2v) is 4.64. The zero-order valence-corrected chi connectivity index (χ0v) is 12.0.